The molecule has 1 fully saturated rings. The van der Waals surface area contributed by atoms with Gasteiger partial charge in [0, 0.05) is 36.4 Å². The van der Waals surface area contributed by atoms with Crippen LogP contribution in [0.4, 0.5) is 5.82 Å². The van der Waals surface area contributed by atoms with E-state index in [0.717, 1.165) is 30.0 Å². The fourth-order valence-electron chi connectivity index (χ4n) is 2.97. The van der Waals surface area contributed by atoms with Gasteiger partial charge in [-0.1, -0.05) is 28.9 Å². The molecule has 1 amide bonds. The second kappa shape index (κ2) is 7.75. The van der Waals surface area contributed by atoms with Gasteiger partial charge in [-0.2, -0.15) is 4.98 Å². The lowest BCUT2D eigenvalue weighted by Crippen LogP contribution is -2.23. The average Bonchev–Trinajstić information content (AvgIpc) is 3.39. The number of halogens is 1. The van der Waals surface area contributed by atoms with Crippen molar-refractivity contribution in [2.45, 2.75) is 19.4 Å². The topological polar surface area (TPSA) is 84.2 Å². The van der Waals surface area contributed by atoms with E-state index in [4.69, 9.17) is 16.1 Å². The van der Waals surface area contributed by atoms with Crippen molar-refractivity contribution in [1.82, 2.24) is 20.4 Å². The van der Waals surface area contributed by atoms with Crippen molar-refractivity contribution in [2.24, 2.45) is 0 Å². The highest BCUT2D eigenvalue weighted by atomic mass is 35.5. The summed E-state index contributed by atoms with van der Waals surface area (Å²) in [5, 5.41) is 7.34. The Hall–Kier alpha value is -2.93. The zero-order chi connectivity index (χ0) is 18.6. The van der Waals surface area contributed by atoms with Crippen LogP contribution in [0.5, 0.6) is 0 Å². The lowest BCUT2D eigenvalue weighted by molar-refractivity contribution is 0.0907. The van der Waals surface area contributed by atoms with Crippen LogP contribution in [0.25, 0.3) is 11.4 Å². The summed E-state index contributed by atoms with van der Waals surface area (Å²) >= 11 is 5.86. The minimum Gasteiger partial charge on any atom is -0.357 e. The van der Waals surface area contributed by atoms with Gasteiger partial charge in [0.2, 0.25) is 5.82 Å². The minimum absolute atomic E-state index is 0.0708. The van der Waals surface area contributed by atoms with Gasteiger partial charge >= 0.3 is 11.8 Å². The number of amides is 1. The van der Waals surface area contributed by atoms with E-state index in [1.165, 1.54) is 12.8 Å². The predicted molar refractivity (Wildman–Crippen MR) is 102 cm³/mol. The first kappa shape index (κ1) is 17.5. The first-order valence-corrected chi connectivity index (χ1v) is 9.14. The molecule has 1 aliphatic rings. The second-order valence-electron chi connectivity index (χ2n) is 6.33. The summed E-state index contributed by atoms with van der Waals surface area (Å²) in [5.74, 6) is 0.772. The molecular formula is C19H18ClN5O2. The van der Waals surface area contributed by atoms with Crippen molar-refractivity contribution in [3.8, 4) is 11.4 Å². The first-order chi connectivity index (χ1) is 13.2. The third kappa shape index (κ3) is 4.09. The number of nitrogens with zero attached hydrogens (tertiary/aromatic N) is 4. The molecule has 0 radical (unpaired) electrons. The molecule has 0 saturated carbocycles. The van der Waals surface area contributed by atoms with Crippen LogP contribution in [0.15, 0.2) is 47.1 Å². The van der Waals surface area contributed by atoms with Crippen LogP contribution >= 0.6 is 11.6 Å². The Balaban J connectivity index is 1.44. The Kier molecular flexibility index (Phi) is 5.02. The monoisotopic (exact) mass is 383 g/mol. The Bertz CT molecular complexity index is 935. The summed E-state index contributed by atoms with van der Waals surface area (Å²) in [5.41, 5.74) is 1.70. The fourth-order valence-corrected chi connectivity index (χ4v) is 3.10. The van der Waals surface area contributed by atoms with Crippen LogP contribution in [-0.4, -0.2) is 34.1 Å². The van der Waals surface area contributed by atoms with Gasteiger partial charge in [0.15, 0.2) is 0 Å². The summed E-state index contributed by atoms with van der Waals surface area (Å²) in [6.45, 7) is 2.35. The summed E-state index contributed by atoms with van der Waals surface area (Å²) in [7, 11) is 0. The Morgan fingerprint density at radius 2 is 1.96 bits per heavy atom. The van der Waals surface area contributed by atoms with Crippen LogP contribution in [0.3, 0.4) is 0 Å². The van der Waals surface area contributed by atoms with Crippen LogP contribution < -0.4 is 10.2 Å². The third-order valence-electron chi connectivity index (χ3n) is 4.42. The number of hydrogen-bond donors (Lipinski definition) is 1. The van der Waals surface area contributed by atoms with Crippen molar-refractivity contribution < 1.29 is 9.32 Å². The van der Waals surface area contributed by atoms with Gasteiger partial charge in [-0.3, -0.25) is 4.79 Å². The van der Waals surface area contributed by atoms with Gasteiger partial charge in [0.1, 0.15) is 5.82 Å². The van der Waals surface area contributed by atoms with Gasteiger partial charge in [-0.15, -0.1) is 0 Å². The lowest BCUT2D eigenvalue weighted by Gasteiger charge is -2.16. The highest BCUT2D eigenvalue weighted by Gasteiger charge is 2.18. The van der Waals surface area contributed by atoms with Crippen molar-refractivity contribution in [3.63, 3.8) is 0 Å². The van der Waals surface area contributed by atoms with E-state index in [9.17, 15) is 4.79 Å². The molecule has 7 nitrogen and oxygen atoms in total. The highest BCUT2D eigenvalue weighted by Crippen LogP contribution is 2.23. The maximum atomic E-state index is 12.3. The molecule has 1 aromatic carbocycles. The smallest absolute Gasteiger partial charge is 0.316 e. The molecule has 4 rings (SSSR count). The number of hydrogen-bond acceptors (Lipinski definition) is 6. The number of nitrogens with one attached hydrogen (secondary N) is 1. The molecular weight excluding hydrogens is 366 g/mol. The van der Waals surface area contributed by atoms with E-state index >= 15 is 0 Å². The van der Waals surface area contributed by atoms with E-state index in [-0.39, 0.29) is 5.89 Å². The fraction of sp³-hybridized carbons (Fsp3) is 0.263. The number of benzene rings is 1. The standard InChI is InChI=1S/C19H18ClN5O2/c20-15-5-3-13(4-6-15)12-22-18(26)19-23-17(24-27-19)14-7-8-21-16(11-14)25-9-1-2-10-25/h3-8,11H,1-2,9-10,12H2,(H,22,26). The Morgan fingerprint density at radius 1 is 1.19 bits per heavy atom. The normalized spacial score (nSPS) is 13.7. The predicted octanol–water partition coefficient (Wildman–Crippen LogP) is 3.32. The summed E-state index contributed by atoms with van der Waals surface area (Å²) in [4.78, 5) is 23.1. The van der Waals surface area contributed by atoms with Crippen molar-refractivity contribution >= 4 is 23.3 Å². The molecule has 138 valence electrons. The van der Waals surface area contributed by atoms with Gasteiger partial charge in [0.25, 0.3) is 0 Å². The van der Waals surface area contributed by atoms with Gasteiger partial charge in [-0.25, -0.2) is 4.98 Å². The van der Waals surface area contributed by atoms with Crippen LogP contribution in [0.1, 0.15) is 29.1 Å². The largest absolute Gasteiger partial charge is 0.357 e. The van der Waals surface area contributed by atoms with E-state index in [1.807, 2.05) is 18.2 Å². The molecule has 2 aromatic heterocycles. The minimum atomic E-state index is -0.419. The van der Waals surface area contributed by atoms with E-state index < -0.39 is 5.91 Å². The SMILES string of the molecule is O=C(NCc1ccc(Cl)cc1)c1nc(-c2ccnc(N3CCCC3)c2)no1. The molecule has 0 atom stereocenters. The molecule has 1 saturated heterocycles. The Labute approximate surface area is 161 Å². The Morgan fingerprint density at radius 3 is 2.74 bits per heavy atom. The maximum absolute atomic E-state index is 12.3. The molecule has 0 unspecified atom stereocenters. The molecule has 8 heteroatoms. The van der Waals surface area contributed by atoms with Gasteiger partial charge in [-0.05, 0) is 42.7 Å². The molecule has 1 N–H and O–H groups in total. The van der Waals surface area contributed by atoms with Crippen LogP contribution in [0.2, 0.25) is 5.02 Å². The van der Waals surface area contributed by atoms with Crippen molar-refractivity contribution in [3.05, 3.63) is 59.1 Å². The van der Waals surface area contributed by atoms with E-state index in [1.54, 1.807) is 24.4 Å². The molecule has 3 aromatic rings. The van der Waals surface area contributed by atoms with Crippen LogP contribution in [-0.2, 0) is 6.54 Å². The molecule has 1 aliphatic heterocycles. The number of carbonyl (C=O) groups is 1. The number of anilines is 1. The van der Waals surface area contributed by atoms with E-state index in [0.29, 0.717) is 17.4 Å². The number of aromatic nitrogens is 3. The first-order valence-electron chi connectivity index (χ1n) is 8.77. The quantitative estimate of drug-likeness (QED) is 0.727. The summed E-state index contributed by atoms with van der Waals surface area (Å²) < 4.78 is 5.13. The maximum Gasteiger partial charge on any atom is 0.316 e. The zero-order valence-corrected chi connectivity index (χ0v) is 15.3. The molecule has 0 spiro atoms. The molecule has 3 heterocycles. The lowest BCUT2D eigenvalue weighted by atomic mass is 10.2. The molecule has 27 heavy (non-hydrogen) atoms. The molecule has 0 bridgehead atoms. The summed E-state index contributed by atoms with van der Waals surface area (Å²) in [6, 6.07) is 11.0. The number of carbonyl (C=O) groups excluding carboxylic acids is 1. The van der Waals surface area contributed by atoms with E-state index in [2.05, 4.69) is 25.3 Å². The number of rotatable bonds is 5. The molecule has 0 aliphatic carbocycles. The van der Waals surface area contributed by atoms with Crippen molar-refractivity contribution in [2.75, 3.05) is 18.0 Å². The zero-order valence-electron chi connectivity index (χ0n) is 14.6. The third-order valence-corrected chi connectivity index (χ3v) is 4.67. The summed E-state index contributed by atoms with van der Waals surface area (Å²) in [6.07, 6.45) is 4.07. The second-order valence-corrected chi connectivity index (χ2v) is 6.77. The number of pyridine rings is 1. The highest BCUT2D eigenvalue weighted by molar-refractivity contribution is 6.30. The van der Waals surface area contributed by atoms with Crippen LogP contribution in [0, 0.1) is 0 Å². The van der Waals surface area contributed by atoms with Gasteiger partial charge in [0.05, 0.1) is 0 Å². The van der Waals surface area contributed by atoms with Crippen molar-refractivity contribution in [1.29, 1.82) is 0 Å². The average molecular weight is 384 g/mol. The van der Waals surface area contributed by atoms with Gasteiger partial charge < -0.3 is 14.7 Å².